The van der Waals surface area contributed by atoms with Gasteiger partial charge in [-0.3, -0.25) is 4.79 Å². The number of carbonyl (C=O) groups excluding carboxylic acids is 1. The largest absolute Gasteiger partial charge is 0.325 e. The molecule has 0 radical (unpaired) electrons. The number of fused-ring (bicyclic) bond motifs is 1. The average molecular weight is 397 g/mol. The zero-order valence-electron chi connectivity index (χ0n) is 15.5. The zero-order valence-corrected chi connectivity index (χ0v) is 16.3. The highest BCUT2D eigenvalue weighted by Gasteiger charge is 2.37. The molecule has 8 heteroatoms. The summed E-state index contributed by atoms with van der Waals surface area (Å²) < 4.78 is 15.1. The molecule has 3 aromatic rings. The van der Waals surface area contributed by atoms with Crippen LogP contribution in [-0.2, 0) is 11.2 Å². The molecule has 0 unspecified atom stereocenters. The van der Waals surface area contributed by atoms with E-state index in [0.29, 0.717) is 11.0 Å². The summed E-state index contributed by atoms with van der Waals surface area (Å²) in [7, 11) is 0. The Morgan fingerprint density at radius 3 is 2.57 bits per heavy atom. The van der Waals surface area contributed by atoms with Gasteiger partial charge >= 0.3 is 0 Å². The molecule has 0 aliphatic carbocycles. The van der Waals surface area contributed by atoms with Crippen LogP contribution in [0.5, 0.6) is 0 Å². The summed E-state index contributed by atoms with van der Waals surface area (Å²) in [5, 5.41) is 11.3. The predicted octanol–water partition coefficient (Wildman–Crippen LogP) is 3.69. The standard InChI is InChI=1S/C20H20FN5OS/c1-3-13-4-10-16(11-5-13)22-19(27)18-17(14-6-8-15(21)9-7-14)25-26-12(2)23-24-20(26)28-18/h4-11,17-18,25H,3H2,1-2H3,(H,22,27)/t17-,18+/m1/s1. The number of rotatable bonds is 4. The van der Waals surface area contributed by atoms with Crippen molar-refractivity contribution in [2.45, 2.75) is 36.7 Å². The van der Waals surface area contributed by atoms with Gasteiger partial charge in [0.05, 0.1) is 6.04 Å². The second-order valence-electron chi connectivity index (χ2n) is 6.60. The maximum absolute atomic E-state index is 13.4. The molecular formula is C20H20FN5OS. The van der Waals surface area contributed by atoms with Gasteiger partial charge in [-0.1, -0.05) is 43.0 Å². The van der Waals surface area contributed by atoms with Crippen molar-refractivity contribution in [3.05, 3.63) is 71.3 Å². The molecule has 1 amide bonds. The SMILES string of the molecule is CCc1ccc(NC(=O)[C@H]2Sc3nnc(C)n3N[C@@H]2c2ccc(F)cc2)cc1. The molecule has 0 fully saturated rings. The molecule has 0 bridgehead atoms. The molecule has 0 saturated heterocycles. The van der Waals surface area contributed by atoms with Crippen molar-refractivity contribution in [1.29, 1.82) is 0 Å². The molecule has 0 spiro atoms. The maximum atomic E-state index is 13.4. The number of nitrogens with zero attached hydrogens (tertiary/aromatic N) is 3. The van der Waals surface area contributed by atoms with E-state index in [1.54, 1.807) is 16.8 Å². The van der Waals surface area contributed by atoms with Gasteiger partial charge in [-0.2, -0.15) is 0 Å². The fourth-order valence-corrected chi connectivity index (χ4v) is 4.24. The molecule has 1 aliphatic heterocycles. The van der Waals surface area contributed by atoms with Crippen molar-refractivity contribution < 1.29 is 9.18 Å². The Labute approximate surface area is 166 Å². The summed E-state index contributed by atoms with van der Waals surface area (Å²) in [6.45, 7) is 3.92. The fraction of sp³-hybridized carbons (Fsp3) is 0.250. The first-order valence-electron chi connectivity index (χ1n) is 9.05. The van der Waals surface area contributed by atoms with Crippen LogP contribution in [0.1, 0.15) is 29.9 Å². The summed E-state index contributed by atoms with van der Waals surface area (Å²) in [4.78, 5) is 13.1. The number of carbonyl (C=O) groups is 1. The van der Waals surface area contributed by atoms with Gasteiger partial charge in [-0.05, 0) is 48.7 Å². The molecule has 6 nitrogen and oxygen atoms in total. The minimum atomic E-state index is -0.493. The Morgan fingerprint density at radius 2 is 1.89 bits per heavy atom. The van der Waals surface area contributed by atoms with Crippen molar-refractivity contribution in [3.63, 3.8) is 0 Å². The number of benzene rings is 2. The van der Waals surface area contributed by atoms with E-state index >= 15 is 0 Å². The first-order chi connectivity index (χ1) is 13.5. The third-order valence-electron chi connectivity index (χ3n) is 4.72. The highest BCUT2D eigenvalue weighted by atomic mass is 32.2. The van der Waals surface area contributed by atoms with E-state index in [1.165, 1.54) is 29.5 Å². The fourth-order valence-electron chi connectivity index (χ4n) is 3.12. The van der Waals surface area contributed by atoms with Crippen molar-refractivity contribution in [2.75, 3.05) is 10.7 Å². The number of anilines is 1. The van der Waals surface area contributed by atoms with Gasteiger partial charge in [0.15, 0.2) is 0 Å². The van der Waals surface area contributed by atoms with Crippen molar-refractivity contribution >= 4 is 23.4 Å². The Balaban J connectivity index is 1.62. The Hall–Kier alpha value is -2.87. The molecule has 2 N–H and O–H groups in total. The van der Waals surface area contributed by atoms with Gasteiger partial charge in [0.2, 0.25) is 11.1 Å². The molecule has 2 atom stereocenters. The summed E-state index contributed by atoms with van der Waals surface area (Å²) >= 11 is 1.34. The molecule has 0 saturated carbocycles. The monoisotopic (exact) mass is 397 g/mol. The van der Waals surface area contributed by atoms with Crippen LogP contribution in [0.3, 0.4) is 0 Å². The van der Waals surface area contributed by atoms with Gasteiger partial charge in [-0.25, -0.2) is 9.07 Å². The van der Waals surface area contributed by atoms with Crippen LogP contribution in [0.15, 0.2) is 53.7 Å². The van der Waals surface area contributed by atoms with Gasteiger partial charge in [0.1, 0.15) is 16.9 Å². The molecule has 4 rings (SSSR count). The van der Waals surface area contributed by atoms with E-state index in [4.69, 9.17) is 0 Å². The number of amides is 1. The maximum Gasteiger partial charge on any atom is 0.240 e. The van der Waals surface area contributed by atoms with Crippen molar-refractivity contribution in [1.82, 2.24) is 14.9 Å². The minimum Gasteiger partial charge on any atom is -0.325 e. The van der Waals surface area contributed by atoms with Crippen LogP contribution in [0.2, 0.25) is 0 Å². The lowest BCUT2D eigenvalue weighted by molar-refractivity contribution is -0.116. The van der Waals surface area contributed by atoms with E-state index in [1.807, 2.05) is 31.2 Å². The van der Waals surface area contributed by atoms with E-state index in [0.717, 1.165) is 17.7 Å². The van der Waals surface area contributed by atoms with E-state index < -0.39 is 5.25 Å². The minimum absolute atomic E-state index is 0.150. The molecule has 1 aliphatic rings. The van der Waals surface area contributed by atoms with E-state index in [9.17, 15) is 9.18 Å². The Kier molecular flexibility index (Phi) is 5.04. The van der Waals surface area contributed by atoms with Crippen LogP contribution >= 0.6 is 11.8 Å². The van der Waals surface area contributed by atoms with Crippen molar-refractivity contribution in [3.8, 4) is 0 Å². The van der Waals surface area contributed by atoms with Gasteiger partial charge in [0.25, 0.3) is 0 Å². The van der Waals surface area contributed by atoms with Gasteiger partial charge in [0, 0.05) is 5.69 Å². The molecule has 28 heavy (non-hydrogen) atoms. The number of hydrogen-bond donors (Lipinski definition) is 2. The van der Waals surface area contributed by atoms with Crippen LogP contribution < -0.4 is 10.7 Å². The summed E-state index contributed by atoms with van der Waals surface area (Å²) in [5.74, 6) is 0.233. The summed E-state index contributed by atoms with van der Waals surface area (Å²) in [5.41, 5.74) is 6.07. The van der Waals surface area contributed by atoms with Crippen LogP contribution in [0.4, 0.5) is 10.1 Å². The summed E-state index contributed by atoms with van der Waals surface area (Å²) in [6, 6.07) is 13.6. The molecule has 1 aromatic heterocycles. The highest BCUT2D eigenvalue weighted by Crippen LogP contribution is 2.37. The predicted molar refractivity (Wildman–Crippen MR) is 107 cm³/mol. The number of nitrogens with one attached hydrogen (secondary N) is 2. The summed E-state index contributed by atoms with van der Waals surface area (Å²) in [6.07, 6.45) is 0.943. The number of thioether (sulfide) groups is 1. The number of aryl methyl sites for hydroxylation is 2. The van der Waals surface area contributed by atoms with E-state index in [-0.39, 0.29) is 17.8 Å². The number of halogens is 1. The second-order valence-corrected chi connectivity index (χ2v) is 7.71. The zero-order chi connectivity index (χ0) is 19.7. The van der Waals surface area contributed by atoms with Crippen LogP contribution in [0.25, 0.3) is 0 Å². The lowest BCUT2D eigenvalue weighted by Crippen LogP contribution is -2.41. The highest BCUT2D eigenvalue weighted by molar-refractivity contribution is 8.00. The van der Waals surface area contributed by atoms with Crippen molar-refractivity contribution in [2.24, 2.45) is 0 Å². The second kappa shape index (κ2) is 7.63. The number of hydrogen-bond acceptors (Lipinski definition) is 5. The third-order valence-corrected chi connectivity index (χ3v) is 5.93. The quantitative estimate of drug-likeness (QED) is 0.703. The van der Waals surface area contributed by atoms with Gasteiger partial charge < -0.3 is 10.7 Å². The Morgan fingerprint density at radius 1 is 1.18 bits per heavy atom. The average Bonchev–Trinajstić information content (AvgIpc) is 3.08. The lowest BCUT2D eigenvalue weighted by atomic mass is 10.0. The first kappa shape index (κ1) is 18.5. The van der Waals surface area contributed by atoms with Gasteiger partial charge in [-0.15, -0.1) is 10.2 Å². The molecule has 144 valence electrons. The van der Waals surface area contributed by atoms with E-state index in [2.05, 4.69) is 27.9 Å². The normalized spacial score (nSPS) is 18.2. The first-order valence-corrected chi connectivity index (χ1v) is 9.93. The number of aromatic nitrogens is 3. The smallest absolute Gasteiger partial charge is 0.240 e. The lowest BCUT2D eigenvalue weighted by Gasteiger charge is -2.32. The Bertz CT molecular complexity index is 987. The van der Waals surface area contributed by atoms with Crippen LogP contribution in [0, 0.1) is 12.7 Å². The topological polar surface area (TPSA) is 71.8 Å². The molecule has 2 heterocycles. The van der Waals surface area contributed by atoms with Crippen LogP contribution in [-0.4, -0.2) is 26.0 Å². The molecule has 2 aromatic carbocycles. The third kappa shape index (κ3) is 3.60. The molecular weight excluding hydrogens is 377 g/mol.